The number of esters is 1. The van der Waals surface area contributed by atoms with Gasteiger partial charge in [-0.25, -0.2) is 9.59 Å². The first-order valence-corrected chi connectivity index (χ1v) is 16.0. The number of carbonyl (C=O) groups excluding carboxylic acids is 5. The molecule has 0 aromatic heterocycles. The second kappa shape index (κ2) is 14.3. The zero-order chi connectivity index (χ0) is 29.5. The number of carboxylic acids is 1. The Bertz CT molecular complexity index is 1100. The molecular formula is C26H37N5O8S2. The second-order valence-electron chi connectivity index (χ2n) is 10.5. The van der Waals surface area contributed by atoms with Crippen LogP contribution in [0.2, 0.25) is 0 Å². The number of urea groups is 1. The van der Waals surface area contributed by atoms with Crippen LogP contribution in [-0.4, -0.2) is 99.1 Å². The Morgan fingerprint density at radius 3 is 2.54 bits per heavy atom. The van der Waals surface area contributed by atoms with Crippen molar-refractivity contribution in [1.82, 2.24) is 26.2 Å². The summed E-state index contributed by atoms with van der Waals surface area (Å²) in [7, 11) is 0. The number of hydrogen-bond acceptors (Lipinski definition) is 9. The largest absolute Gasteiger partial charge is 0.477 e. The topological polar surface area (TPSA) is 183 Å². The number of aliphatic carboxylic acids is 1. The van der Waals surface area contributed by atoms with E-state index in [2.05, 4.69) is 21.3 Å². The third kappa shape index (κ3) is 7.87. The summed E-state index contributed by atoms with van der Waals surface area (Å²) in [5, 5.41) is 21.0. The Labute approximate surface area is 246 Å². The number of rotatable bonds is 15. The molecule has 0 aliphatic carbocycles. The van der Waals surface area contributed by atoms with Crippen molar-refractivity contribution in [2.24, 2.45) is 0 Å². The van der Waals surface area contributed by atoms with Gasteiger partial charge in [0, 0.05) is 48.6 Å². The fourth-order valence-corrected chi connectivity index (χ4v) is 8.28. The molecule has 4 rings (SSSR count). The van der Waals surface area contributed by atoms with Crippen LogP contribution < -0.4 is 21.3 Å². The maximum Gasteiger partial charge on any atom is 0.352 e. The third-order valence-electron chi connectivity index (χ3n) is 7.50. The van der Waals surface area contributed by atoms with Crippen molar-refractivity contribution >= 4 is 59.2 Å². The molecular weight excluding hydrogens is 574 g/mol. The van der Waals surface area contributed by atoms with Gasteiger partial charge in [-0.1, -0.05) is 12.8 Å². The molecule has 3 fully saturated rings. The zero-order valence-corrected chi connectivity index (χ0v) is 24.6. The molecule has 5 amide bonds. The smallest absolute Gasteiger partial charge is 0.352 e. The molecule has 0 spiro atoms. The van der Waals surface area contributed by atoms with Crippen LogP contribution in [0.4, 0.5) is 4.79 Å². The molecule has 0 saturated carbocycles. The van der Waals surface area contributed by atoms with Crippen LogP contribution in [0.25, 0.3) is 0 Å². The lowest BCUT2D eigenvalue weighted by molar-refractivity contribution is -0.151. The molecule has 5 atom stereocenters. The van der Waals surface area contributed by atoms with Gasteiger partial charge in [-0.2, -0.15) is 11.8 Å². The molecule has 0 aromatic rings. The molecule has 15 heteroatoms. The molecule has 0 aromatic carbocycles. The first kappa shape index (κ1) is 31.0. The van der Waals surface area contributed by atoms with Crippen molar-refractivity contribution < 1.29 is 38.6 Å². The van der Waals surface area contributed by atoms with E-state index in [1.807, 2.05) is 11.8 Å². The molecule has 13 nitrogen and oxygen atoms in total. The number of carboxylic acid groups (broad SMARTS) is 1. The quantitative estimate of drug-likeness (QED) is 0.0764. The summed E-state index contributed by atoms with van der Waals surface area (Å²) < 4.78 is 4.92. The van der Waals surface area contributed by atoms with E-state index in [0.29, 0.717) is 30.2 Å². The van der Waals surface area contributed by atoms with Crippen LogP contribution in [-0.2, 0) is 28.7 Å². The van der Waals surface area contributed by atoms with Crippen LogP contribution in [0.15, 0.2) is 11.3 Å². The average molecular weight is 612 g/mol. The molecule has 4 aliphatic rings. The molecule has 4 heterocycles. The minimum Gasteiger partial charge on any atom is -0.477 e. The second-order valence-corrected chi connectivity index (χ2v) is 12.9. The molecule has 226 valence electrons. The van der Waals surface area contributed by atoms with Crippen molar-refractivity contribution in [3.05, 3.63) is 11.3 Å². The van der Waals surface area contributed by atoms with E-state index in [0.717, 1.165) is 42.8 Å². The minimum absolute atomic E-state index is 0.0133. The van der Waals surface area contributed by atoms with Gasteiger partial charge in [0.05, 0.1) is 12.1 Å². The molecule has 0 radical (unpaired) electrons. The fraction of sp³-hybridized carbons (Fsp3) is 0.692. The molecule has 0 bridgehead atoms. The Morgan fingerprint density at radius 1 is 1.02 bits per heavy atom. The first-order valence-electron chi connectivity index (χ1n) is 13.9. The predicted molar refractivity (Wildman–Crippen MR) is 152 cm³/mol. The summed E-state index contributed by atoms with van der Waals surface area (Å²) in [4.78, 5) is 72.7. The highest BCUT2D eigenvalue weighted by Crippen LogP contribution is 2.40. The maximum absolute atomic E-state index is 12.7. The number of thioether (sulfide) groups is 2. The molecule has 5 N–H and O–H groups in total. The van der Waals surface area contributed by atoms with Crippen molar-refractivity contribution in [3.63, 3.8) is 0 Å². The van der Waals surface area contributed by atoms with E-state index in [4.69, 9.17) is 4.74 Å². The number of ether oxygens (including phenoxy) is 1. The van der Waals surface area contributed by atoms with E-state index in [-0.39, 0.29) is 54.4 Å². The zero-order valence-electron chi connectivity index (χ0n) is 22.9. The van der Waals surface area contributed by atoms with Gasteiger partial charge in [0.15, 0.2) is 0 Å². The highest BCUT2D eigenvalue weighted by molar-refractivity contribution is 8.00. The fourth-order valence-electron chi connectivity index (χ4n) is 5.41. The molecule has 0 unspecified atom stereocenters. The molecule has 41 heavy (non-hydrogen) atoms. The number of carbonyl (C=O) groups is 6. The first-order chi connectivity index (χ1) is 19.7. The number of amides is 5. The number of hydrogen-bond donors (Lipinski definition) is 5. The van der Waals surface area contributed by atoms with Crippen LogP contribution in [0.5, 0.6) is 0 Å². The van der Waals surface area contributed by atoms with Crippen LogP contribution >= 0.6 is 23.5 Å². The number of fused-ring (bicyclic) bond motifs is 2. The third-order valence-corrected chi connectivity index (χ3v) is 10.3. The number of nitrogens with one attached hydrogen (secondary N) is 4. The van der Waals surface area contributed by atoms with Gasteiger partial charge in [-0.3, -0.25) is 24.1 Å². The highest BCUT2D eigenvalue weighted by atomic mass is 32.2. The van der Waals surface area contributed by atoms with E-state index < -0.39 is 29.3 Å². The van der Waals surface area contributed by atoms with Crippen molar-refractivity contribution in [2.75, 3.05) is 24.7 Å². The van der Waals surface area contributed by atoms with E-state index in [9.17, 15) is 33.9 Å². The van der Waals surface area contributed by atoms with Crippen molar-refractivity contribution in [3.8, 4) is 0 Å². The van der Waals surface area contributed by atoms with E-state index >= 15 is 0 Å². The molecule has 4 aliphatic heterocycles. The van der Waals surface area contributed by atoms with Crippen molar-refractivity contribution in [2.45, 2.75) is 87.0 Å². The van der Waals surface area contributed by atoms with Gasteiger partial charge in [0.1, 0.15) is 23.7 Å². The molecule has 3 saturated heterocycles. The summed E-state index contributed by atoms with van der Waals surface area (Å²) >= 11 is 3.19. The number of nitrogens with zero attached hydrogens (tertiary/aromatic N) is 1. The number of unbranched alkanes of at least 4 members (excludes halogenated alkanes) is 3. The summed E-state index contributed by atoms with van der Waals surface area (Å²) in [5.74, 6) is -1.37. The van der Waals surface area contributed by atoms with Crippen molar-refractivity contribution in [1.29, 1.82) is 0 Å². The Kier molecular flexibility index (Phi) is 10.8. The lowest BCUT2D eigenvalue weighted by Crippen LogP contribution is -2.70. The Morgan fingerprint density at radius 2 is 1.78 bits per heavy atom. The Hall–Kier alpha value is -2.94. The summed E-state index contributed by atoms with van der Waals surface area (Å²) in [5.41, 5.74) is 0.161. The van der Waals surface area contributed by atoms with Gasteiger partial charge >= 0.3 is 18.0 Å². The van der Waals surface area contributed by atoms with Crippen LogP contribution in [0.1, 0.15) is 58.3 Å². The monoisotopic (exact) mass is 611 g/mol. The summed E-state index contributed by atoms with van der Waals surface area (Å²) in [6.07, 6.45) is 5.48. The van der Waals surface area contributed by atoms with Gasteiger partial charge in [0.2, 0.25) is 11.8 Å². The van der Waals surface area contributed by atoms with Crippen LogP contribution in [0, 0.1) is 0 Å². The standard InChI is InChI=1S/C26H37N5O8S2/c1-14(32)39-11-15-12-41-24-21(23(35)31(24)22(15)25(36)37)29-19(34)9-3-2-6-10-27-18(33)8-5-4-7-17-20-16(13-40-17)28-26(38)30-20/h16-17,20-21,24H,2-13H2,1H3,(H,27,33)(H,29,34)(H,36,37)(H2,28,30,38)/t16-,17-,20-,21+,24+/m0/s1. The van der Waals surface area contributed by atoms with Gasteiger partial charge < -0.3 is 31.1 Å². The maximum atomic E-state index is 12.7. The van der Waals surface area contributed by atoms with Crippen LogP contribution in [0.3, 0.4) is 0 Å². The SMILES string of the molecule is CC(=O)OCC1=C(C(=O)O)N2C(=O)[C@@H](NC(=O)CCCCCNC(=O)CCCC[C@@H]3SC[C@@H]4NC(=O)N[C@@H]43)[C@H]2SC1. The van der Waals surface area contributed by atoms with Gasteiger partial charge in [-0.05, 0) is 25.7 Å². The van der Waals surface area contributed by atoms with Gasteiger partial charge in [-0.15, -0.1) is 11.8 Å². The lowest BCUT2D eigenvalue weighted by atomic mass is 10.0. The Balaban J connectivity index is 1.04. The highest BCUT2D eigenvalue weighted by Gasteiger charge is 2.54. The summed E-state index contributed by atoms with van der Waals surface area (Å²) in [6.45, 7) is 1.56. The van der Waals surface area contributed by atoms with Gasteiger partial charge in [0.25, 0.3) is 5.91 Å². The van der Waals surface area contributed by atoms with E-state index in [1.54, 1.807) is 0 Å². The summed E-state index contributed by atoms with van der Waals surface area (Å²) in [6, 6.07) is -0.476. The average Bonchev–Trinajstić information content (AvgIpc) is 3.48. The van der Waals surface area contributed by atoms with E-state index in [1.165, 1.54) is 18.7 Å². The lowest BCUT2D eigenvalue weighted by Gasteiger charge is -2.49. The normalized spacial score (nSPS) is 26.4. The predicted octanol–water partition coefficient (Wildman–Crippen LogP) is 0.691. The minimum atomic E-state index is -1.28. The number of β-lactam (4-membered cyclic amide) rings is 1.